The van der Waals surface area contributed by atoms with Gasteiger partial charge in [-0.2, -0.15) is 0 Å². The number of nitrogens with zero attached hydrogens (tertiary/aromatic N) is 1. The molecule has 1 rings (SSSR count). The molecule has 0 aromatic heterocycles. The minimum Gasteiger partial charge on any atom is -0.317 e. The number of benzene rings is 1. The molecule has 2 heteroatoms. The van der Waals surface area contributed by atoms with Crippen molar-refractivity contribution >= 4 is 8.24 Å². The van der Waals surface area contributed by atoms with Gasteiger partial charge in [-0.15, -0.1) is 0 Å². The average molecular weight is 292 g/mol. The molecule has 1 atom stereocenters. The molecule has 114 valence electrons. The standard InChI is InChI=1S/C18H33NSi/c1-6-8-15-18(12-7-2)19(20(3,4)5)16-17-13-10-9-11-14-17/h9-11,13-14,18H,6-8,12,15-16H2,1-5H3. The number of unbranched alkanes of at least 4 members (excludes halogenated alkanes) is 1. The Morgan fingerprint density at radius 3 is 2.10 bits per heavy atom. The average Bonchev–Trinajstić information content (AvgIpc) is 2.41. The zero-order valence-electron chi connectivity index (χ0n) is 14.2. The summed E-state index contributed by atoms with van der Waals surface area (Å²) in [4.78, 5) is 0. The molecule has 0 radical (unpaired) electrons. The SMILES string of the molecule is CCCCC(CCC)N(Cc1ccccc1)[Si](C)(C)C. The minimum absolute atomic E-state index is 0.770. The molecule has 0 aliphatic carbocycles. The summed E-state index contributed by atoms with van der Waals surface area (Å²) in [5, 5.41) is 0. The highest BCUT2D eigenvalue weighted by Crippen LogP contribution is 2.24. The normalized spacial score (nSPS) is 13.7. The van der Waals surface area contributed by atoms with E-state index in [1.165, 1.54) is 37.7 Å². The lowest BCUT2D eigenvalue weighted by Crippen LogP contribution is -2.51. The van der Waals surface area contributed by atoms with Crippen LogP contribution in [0.5, 0.6) is 0 Å². The van der Waals surface area contributed by atoms with Gasteiger partial charge < -0.3 is 4.57 Å². The first-order chi connectivity index (χ1) is 9.49. The summed E-state index contributed by atoms with van der Waals surface area (Å²) in [6.45, 7) is 13.2. The number of rotatable bonds is 9. The van der Waals surface area contributed by atoms with Crippen LogP contribution < -0.4 is 0 Å². The lowest BCUT2D eigenvalue weighted by molar-refractivity contribution is 0.270. The summed E-state index contributed by atoms with van der Waals surface area (Å²) in [5.41, 5.74) is 1.47. The lowest BCUT2D eigenvalue weighted by atomic mass is 10.0. The molecule has 0 spiro atoms. The second kappa shape index (κ2) is 8.63. The van der Waals surface area contributed by atoms with Gasteiger partial charge in [0.05, 0.1) is 0 Å². The Morgan fingerprint density at radius 2 is 1.60 bits per heavy atom. The highest BCUT2D eigenvalue weighted by Gasteiger charge is 2.29. The third-order valence-electron chi connectivity index (χ3n) is 4.01. The number of hydrogen-bond acceptors (Lipinski definition) is 1. The van der Waals surface area contributed by atoms with Crippen molar-refractivity contribution in [2.24, 2.45) is 0 Å². The van der Waals surface area contributed by atoms with Crippen LogP contribution in [0.4, 0.5) is 0 Å². The zero-order chi connectivity index (χ0) is 15.0. The van der Waals surface area contributed by atoms with Gasteiger partial charge in [-0.1, -0.05) is 83.1 Å². The maximum atomic E-state index is 2.85. The summed E-state index contributed by atoms with van der Waals surface area (Å²) in [6.07, 6.45) is 6.67. The van der Waals surface area contributed by atoms with Crippen molar-refractivity contribution < 1.29 is 0 Å². The molecule has 0 amide bonds. The van der Waals surface area contributed by atoms with E-state index in [2.05, 4.69) is 68.4 Å². The summed E-state index contributed by atoms with van der Waals surface area (Å²) in [6, 6.07) is 11.8. The Morgan fingerprint density at radius 1 is 0.950 bits per heavy atom. The second-order valence-corrected chi connectivity index (χ2v) is 11.8. The van der Waals surface area contributed by atoms with Crippen LogP contribution >= 0.6 is 0 Å². The van der Waals surface area contributed by atoms with Gasteiger partial charge in [-0.25, -0.2) is 0 Å². The van der Waals surface area contributed by atoms with E-state index in [-0.39, 0.29) is 0 Å². The van der Waals surface area contributed by atoms with Crippen molar-refractivity contribution in [2.45, 2.75) is 78.2 Å². The molecule has 0 bridgehead atoms. The quantitative estimate of drug-likeness (QED) is 0.529. The fourth-order valence-corrected chi connectivity index (χ4v) is 4.93. The molecule has 0 saturated heterocycles. The van der Waals surface area contributed by atoms with Gasteiger partial charge in [0.2, 0.25) is 0 Å². The monoisotopic (exact) mass is 291 g/mol. The Labute approximate surface area is 127 Å². The predicted octanol–water partition coefficient (Wildman–Crippen LogP) is 5.68. The zero-order valence-corrected chi connectivity index (χ0v) is 15.2. The van der Waals surface area contributed by atoms with E-state index in [0.29, 0.717) is 0 Å². The summed E-state index contributed by atoms with van der Waals surface area (Å²) in [7, 11) is -1.29. The fraction of sp³-hybridized carbons (Fsp3) is 0.667. The van der Waals surface area contributed by atoms with Crippen molar-refractivity contribution in [1.82, 2.24) is 4.57 Å². The molecule has 0 heterocycles. The van der Waals surface area contributed by atoms with Crippen molar-refractivity contribution in [3.05, 3.63) is 35.9 Å². The first-order valence-electron chi connectivity index (χ1n) is 8.29. The first kappa shape index (κ1) is 17.4. The molecule has 20 heavy (non-hydrogen) atoms. The maximum Gasteiger partial charge on any atom is 0.119 e. The molecule has 1 unspecified atom stereocenters. The van der Waals surface area contributed by atoms with E-state index >= 15 is 0 Å². The molecule has 0 aliphatic heterocycles. The predicted molar refractivity (Wildman–Crippen MR) is 93.6 cm³/mol. The van der Waals surface area contributed by atoms with E-state index in [1.54, 1.807) is 0 Å². The highest BCUT2D eigenvalue weighted by molar-refractivity contribution is 6.73. The van der Waals surface area contributed by atoms with Crippen LogP contribution in [0.25, 0.3) is 0 Å². The molecule has 1 aromatic rings. The Bertz CT molecular complexity index is 355. The Kier molecular flexibility index (Phi) is 7.53. The van der Waals surface area contributed by atoms with Gasteiger partial charge in [-0.3, -0.25) is 0 Å². The Balaban J connectivity index is 2.85. The molecular weight excluding hydrogens is 258 g/mol. The van der Waals surface area contributed by atoms with Gasteiger partial charge in [0.25, 0.3) is 0 Å². The van der Waals surface area contributed by atoms with E-state index in [0.717, 1.165) is 12.6 Å². The van der Waals surface area contributed by atoms with Crippen molar-refractivity contribution in [3.8, 4) is 0 Å². The van der Waals surface area contributed by atoms with E-state index in [4.69, 9.17) is 0 Å². The summed E-state index contributed by atoms with van der Waals surface area (Å²) >= 11 is 0. The fourth-order valence-electron chi connectivity index (χ4n) is 2.92. The topological polar surface area (TPSA) is 3.24 Å². The minimum atomic E-state index is -1.29. The largest absolute Gasteiger partial charge is 0.317 e. The van der Waals surface area contributed by atoms with Crippen LogP contribution in [0, 0.1) is 0 Å². The Hall–Kier alpha value is -0.603. The molecule has 1 nitrogen and oxygen atoms in total. The molecule has 0 aliphatic rings. The molecule has 0 fully saturated rings. The van der Waals surface area contributed by atoms with Gasteiger partial charge in [0.1, 0.15) is 8.24 Å². The van der Waals surface area contributed by atoms with Gasteiger partial charge >= 0.3 is 0 Å². The van der Waals surface area contributed by atoms with E-state index < -0.39 is 8.24 Å². The van der Waals surface area contributed by atoms with Crippen molar-refractivity contribution in [3.63, 3.8) is 0 Å². The van der Waals surface area contributed by atoms with Gasteiger partial charge in [0, 0.05) is 12.6 Å². The first-order valence-corrected chi connectivity index (χ1v) is 11.7. The summed E-state index contributed by atoms with van der Waals surface area (Å²) < 4.78 is 2.85. The van der Waals surface area contributed by atoms with E-state index in [1.807, 2.05) is 0 Å². The van der Waals surface area contributed by atoms with Gasteiger partial charge in [0.15, 0.2) is 0 Å². The van der Waals surface area contributed by atoms with Crippen LogP contribution in [0.15, 0.2) is 30.3 Å². The van der Waals surface area contributed by atoms with Crippen LogP contribution in [0.3, 0.4) is 0 Å². The van der Waals surface area contributed by atoms with Crippen molar-refractivity contribution in [2.75, 3.05) is 0 Å². The number of hydrogen-bond donors (Lipinski definition) is 0. The van der Waals surface area contributed by atoms with Crippen LogP contribution in [-0.2, 0) is 6.54 Å². The smallest absolute Gasteiger partial charge is 0.119 e. The maximum absolute atomic E-state index is 2.85. The summed E-state index contributed by atoms with van der Waals surface area (Å²) in [5.74, 6) is 0. The van der Waals surface area contributed by atoms with Crippen molar-refractivity contribution in [1.29, 1.82) is 0 Å². The highest BCUT2D eigenvalue weighted by atomic mass is 28.3. The van der Waals surface area contributed by atoms with E-state index in [9.17, 15) is 0 Å². The molecule has 1 aromatic carbocycles. The second-order valence-electron chi connectivity index (χ2n) is 6.87. The molecule has 0 saturated carbocycles. The van der Waals surface area contributed by atoms with Crippen LogP contribution in [0.1, 0.15) is 51.5 Å². The van der Waals surface area contributed by atoms with Crippen LogP contribution in [-0.4, -0.2) is 18.8 Å². The van der Waals surface area contributed by atoms with Crippen LogP contribution in [0.2, 0.25) is 19.6 Å². The van der Waals surface area contributed by atoms with Gasteiger partial charge in [-0.05, 0) is 18.4 Å². The third-order valence-corrected chi connectivity index (χ3v) is 6.26. The lowest BCUT2D eigenvalue weighted by Gasteiger charge is -2.41. The molecule has 0 N–H and O–H groups in total. The third kappa shape index (κ3) is 5.80. The molecular formula is C18H33NSi.